The average Bonchev–Trinajstić information content (AvgIpc) is 2.33. The Kier molecular flexibility index (Phi) is 5.47. The molecule has 1 radical (unpaired) electrons. The van der Waals surface area contributed by atoms with Crippen molar-refractivity contribution < 1.29 is 0 Å². The van der Waals surface area contributed by atoms with Crippen LogP contribution in [-0.4, -0.2) is 0 Å². The van der Waals surface area contributed by atoms with Crippen LogP contribution in [0.4, 0.5) is 0 Å². The van der Waals surface area contributed by atoms with Gasteiger partial charge in [0.25, 0.3) is 0 Å². The van der Waals surface area contributed by atoms with Gasteiger partial charge in [-0.2, -0.15) is 0 Å². The van der Waals surface area contributed by atoms with Gasteiger partial charge in [0.2, 0.25) is 0 Å². The number of hydrogen-bond donors (Lipinski definition) is 0. The smallest absolute Gasteiger partial charge is 0.0355 e. The van der Waals surface area contributed by atoms with E-state index >= 15 is 0 Å². The lowest BCUT2D eigenvalue weighted by Gasteiger charge is -2.12. The quantitative estimate of drug-likeness (QED) is 0.431. The van der Waals surface area contributed by atoms with Gasteiger partial charge in [-0.3, -0.25) is 0 Å². The SMILES string of the molecule is CCCC[CH]C1CCCCCC1. The summed E-state index contributed by atoms with van der Waals surface area (Å²) in [5.41, 5.74) is 0. The summed E-state index contributed by atoms with van der Waals surface area (Å²) in [7, 11) is 0. The number of unbranched alkanes of at least 4 members (excludes halogenated alkanes) is 2. The topological polar surface area (TPSA) is 0 Å². The minimum Gasteiger partial charge on any atom is -0.0654 e. The molecule has 71 valence electrons. The van der Waals surface area contributed by atoms with E-state index in [9.17, 15) is 0 Å². The third-order valence-corrected chi connectivity index (χ3v) is 2.96. The van der Waals surface area contributed by atoms with Gasteiger partial charge < -0.3 is 0 Å². The molecule has 0 saturated heterocycles. The van der Waals surface area contributed by atoms with Gasteiger partial charge in [-0.25, -0.2) is 0 Å². The third kappa shape index (κ3) is 4.13. The van der Waals surface area contributed by atoms with Crippen LogP contribution < -0.4 is 0 Å². The van der Waals surface area contributed by atoms with Crippen molar-refractivity contribution in [2.45, 2.75) is 64.7 Å². The lowest BCUT2D eigenvalue weighted by molar-refractivity contribution is 0.499. The Balaban J connectivity index is 2.04. The first-order valence-corrected chi connectivity index (χ1v) is 5.77. The Morgan fingerprint density at radius 3 is 2.33 bits per heavy atom. The first kappa shape index (κ1) is 10.1. The van der Waals surface area contributed by atoms with Crippen molar-refractivity contribution >= 4 is 0 Å². The summed E-state index contributed by atoms with van der Waals surface area (Å²) < 4.78 is 0. The molecule has 0 aromatic carbocycles. The van der Waals surface area contributed by atoms with E-state index in [1.54, 1.807) is 0 Å². The van der Waals surface area contributed by atoms with Crippen LogP contribution >= 0.6 is 0 Å². The van der Waals surface area contributed by atoms with Gasteiger partial charge in [0.1, 0.15) is 0 Å². The van der Waals surface area contributed by atoms with Gasteiger partial charge in [-0.1, -0.05) is 58.3 Å². The fraction of sp³-hybridized carbons (Fsp3) is 0.917. The van der Waals surface area contributed by atoms with E-state index < -0.39 is 0 Å². The molecule has 0 heterocycles. The van der Waals surface area contributed by atoms with Crippen molar-refractivity contribution in [2.24, 2.45) is 5.92 Å². The summed E-state index contributed by atoms with van der Waals surface area (Å²) in [6.45, 7) is 2.28. The largest absolute Gasteiger partial charge is 0.0654 e. The molecule has 1 aliphatic rings. The van der Waals surface area contributed by atoms with E-state index in [1.165, 1.54) is 57.8 Å². The summed E-state index contributed by atoms with van der Waals surface area (Å²) >= 11 is 0. The summed E-state index contributed by atoms with van der Waals surface area (Å²) in [6.07, 6.45) is 15.6. The van der Waals surface area contributed by atoms with E-state index in [-0.39, 0.29) is 0 Å². The zero-order chi connectivity index (χ0) is 8.65. The van der Waals surface area contributed by atoms with E-state index in [2.05, 4.69) is 13.3 Å². The van der Waals surface area contributed by atoms with E-state index in [4.69, 9.17) is 0 Å². The summed E-state index contributed by atoms with van der Waals surface area (Å²) in [6, 6.07) is 0. The predicted octanol–water partition coefficient (Wildman–Crippen LogP) is 4.35. The normalized spacial score (nSPS) is 20.8. The maximum absolute atomic E-state index is 2.59. The highest BCUT2D eigenvalue weighted by atomic mass is 14.2. The molecule has 0 heteroatoms. The molecule has 1 rings (SSSR count). The van der Waals surface area contributed by atoms with Gasteiger partial charge in [0.05, 0.1) is 0 Å². The highest BCUT2D eigenvalue weighted by Gasteiger charge is 2.11. The monoisotopic (exact) mass is 167 g/mol. The van der Waals surface area contributed by atoms with E-state index in [0.717, 1.165) is 5.92 Å². The molecular formula is C12H23. The number of rotatable bonds is 4. The maximum atomic E-state index is 2.59. The first-order chi connectivity index (χ1) is 5.93. The molecule has 0 nitrogen and oxygen atoms in total. The van der Waals surface area contributed by atoms with Gasteiger partial charge in [-0.15, -0.1) is 0 Å². The average molecular weight is 167 g/mol. The second kappa shape index (κ2) is 6.51. The van der Waals surface area contributed by atoms with E-state index in [1.807, 2.05) is 0 Å². The molecule has 0 amide bonds. The lowest BCUT2D eigenvalue weighted by Crippen LogP contribution is -1.99. The van der Waals surface area contributed by atoms with Crippen LogP contribution in [0.15, 0.2) is 0 Å². The molecule has 1 saturated carbocycles. The van der Waals surface area contributed by atoms with Crippen molar-refractivity contribution in [2.75, 3.05) is 0 Å². The maximum Gasteiger partial charge on any atom is -0.0355 e. The molecule has 0 aromatic heterocycles. The highest BCUT2D eigenvalue weighted by molar-refractivity contribution is 4.77. The van der Waals surface area contributed by atoms with Gasteiger partial charge in [-0.05, 0) is 18.8 Å². The Morgan fingerprint density at radius 1 is 1.08 bits per heavy atom. The summed E-state index contributed by atoms with van der Waals surface area (Å²) in [4.78, 5) is 0. The predicted molar refractivity (Wildman–Crippen MR) is 55.0 cm³/mol. The van der Waals surface area contributed by atoms with Crippen molar-refractivity contribution in [1.82, 2.24) is 0 Å². The first-order valence-electron chi connectivity index (χ1n) is 5.77. The van der Waals surface area contributed by atoms with Crippen LogP contribution in [-0.2, 0) is 0 Å². The molecule has 0 bridgehead atoms. The molecule has 0 spiro atoms. The third-order valence-electron chi connectivity index (χ3n) is 2.96. The molecule has 0 unspecified atom stereocenters. The zero-order valence-electron chi connectivity index (χ0n) is 8.52. The number of hydrogen-bond acceptors (Lipinski definition) is 0. The minimum absolute atomic E-state index is 0.971. The summed E-state index contributed by atoms with van der Waals surface area (Å²) in [5, 5.41) is 0. The lowest BCUT2D eigenvalue weighted by atomic mass is 9.94. The van der Waals surface area contributed by atoms with Gasteiger partial charge in [0, 0.05) is 0 Å². The molecular weight excluding hydrogens is 144 g/mol. The molecule has 1 aliphatic carbocycles. The summed E-state index contributed by atoms with van der Waals surface area (Å²) in [5.74, 6) is 0.971. The zero-order valence-corrected chi connectivity index (χ0v) is 8.52. The minimum atomic E-state index is 0.971. The Morgan fingerprint density at radius 2 is 1.75 bits per heavy atom. The Bertz CT molecular complexity index is 88.2. The van der Waals surface area contributed by atoms with Crippen LogP contribution in [0.5, 0.6) is 0 Å². The van der Waals surface area contributed by atoms with Crippen molar-refractivity contribution in [3.63, 3.8) is 0 Å². The molecule has 1 fully saturated rings. The van der Waals surface area contributed by atoms with Crippen LogP contribution in [0.2, 0.25) is 0 Å². The molecule has 0 N–H and O–H groups in total. The van der Waals surface area contributed by atoms with Crippen LogP contribution in [0.25, 0.3) is 0 Å². The standard InChI is InChI=1S/C12H23/c1-2-3-6-9-12-10-7-4-5-8-11-12/h9,12H,2-8,10-11H2,1H3. The Labute approximate surface area is 77.7 Å². The van der Waals surface area contributed by atoms with Gasteiger partial charge >= 0.3 is 0 Å². The molecule has 0 aliphatic heterocycles. The fourth-order valence-electron chi connectivity index (χ4n) is 2.10. The van der Waals surface area contributed by atoms with Crippen molar-refractivity contribution in [1.29, 1.82) is 0 Å². The molecule has 12 heavy (non-hydrogen) atoms. The van der Waals surface area contributed by atoms with E-state index in [0.29, 0.717) is 0 Å². The second-order valence-corrected chi connectivity index (χ2v) is 4.13. The highest BCUT2D eigenvalue weighted by Crippen LogP contribution is 2.26. The Hall–Kier alpha value is 0. The van der Waals surface area contributed by atoms with Crippen molar-refractivity contribution in [3.05, 3.63) is 6.42 Å². The van der Waals surface area contributed by atoms with Gasteiger partial charge in [0.15, 0.2) is 0 Å². The second-order valence-electron chi connectivity index (χ2n) is 4.13. The molecule has 0 aromatic rings. The molecule has 0 atom stereocenters. The van der Waals surface area contributed by atoms with Crippen LogP contribution in [0.1, 0.15) is 64.7 Å². The van der Waals surface area contributed by atoms with Crippen LogP contribution in [0, 0.1) is 12.3 Å². The van der Waals surface area contributed by atoms with Crippen molar-refractivity contribution in [3.8, 4) is 0 Å². The van der Waals surface area contributed by atoms with Crippen LogP contribution in [0.3, 0.4) is 0 Å². The fourth-order valence-corrected chi connectivity index (χ4v) is 2.10.